The van der Waals surface area contributed by atoms with Gasteiger partial charge in [-0.15, -0.1) is 0 Å². The number of esters is 1. The molecule has 1 aliphatic carbocycles. The number of aliphatic hydroxyl groups is 1. The van der Waals surface area contributed by atoms with Crippen molar-refractivity contribution in [3.63, 3.8) is 0 Å². The fourth-order valence-electron chi connectivity index (χ4n) is 5.53. The number of piperidine rings is 1. The summed E-state index contributed by atoms with van der Waals surface area (Å²) >= 11 is 6.04. The van der Waals surface area contributed by atoms with Crippen LogP contribution in [0.4, 0.5) is 14.4 Å². The lowest BCUT2D eigenvalue weighted by molar-refractivity contribution is -0.158. The Hall–Kier alpha value is -3.78. The molecule has 2 aliphatic rings. The van der Waals surface area contributed by atoms with E-state index >= 15 is 0 Å². The van der Waals surface area contributed by atoms with E-state index in [0.717, 1.165) is 5.56 Å². The summed E-state index contributed by atoms with van der Waals surface area (Å²) in [5, 5.41) is 20.1. The molecule has 0 unspecified atom stereocenters. The summed E-state index contributed by atoms with van der Waals surface area (Å²) in [6.45, 7) is 15.2. The second-order valence-electron chi connectivity index (χ2n) is 15.3. The molecule has 0 bridgehead atoms. The van der Waals surface area contributed by atoms with Gasteiger partial charge in [0.25, 0.3) is 0 Å². The molecule has 1 aliphatic heterocycles. The zero-order valence-corrected chi connectivity index (χ0v) is 30.6. The molecule has 1 heterocycles. The molecule has 0 radical (unpaired) electrons. The van der Waals surface area contributed by atoms with E-state index in [1.165, 1.54) is 13.8 Å². The molecular weight excluding hydrogens is 660 g/mol. The zero-order valence-electron chi connectivity index (χ0n) is 29.9. The van der Waals surface area contributed by atoms with E-state index in [1.54, 1.807) is 49.9 Å². The maximum atomic E-state index is 13.7. The minimum Gasteiger partial charge on any atom is -0.444 e. The second-order valence-corrected chi connectivity index (χ2v) is 15.8. The van der Waals surface area contributed by atoms with Crippen LogP contribution in [0.5, 0.6) is 0 Å². The van der Waals surface area contributed by atoms with Crippen LogP contribution in [0.15, 0.2) is 24.3 Å². The molecular formula is C34H51ClN4O10. The summed E-state index contributed by atoms with van der Waals surface area (Å²) in [5.74, 6) is -1.31. The number of alkyl carbamates (subject to hydrolysis) is 1. The Kier molecular flexibility index (Phi) is 12.1. The van der Waals surface area contributed by atoms with Gasteiger partial charge in [0.2, 0.25) is 12.7 Å². The number of nitrogens with one attached hydrogen (secondary N) is 3. The largest absolute Gasteiger partial charge is 0.511 e. The number of ether oxygens (including phenoxy) is 4. The number of rotatable bonds is 11. The average molecular weight is 711 g/mol. The summed E-state index contributed by atoms with van der Waals surface area (Å²) in [5.41, 5.74) is -4.38. The molecule has 49 heavy (non-hydrogen) atoms. The highest BCUT2D eigenvalue weighted by Gasteiger charge is 2.54. The van der Waals surface area contributed by atoms with Crippen molar-refractivity contribution in [3.05, 3.63) is 34.9 Å². The molecule has 0 spiro atoms. The highest BCUT2D eigenvalue weighted by molar-refractivity contribution is 6.30. The van der Waals surface area contributed by atoms with E-state index in [9.17, 15) is 29.1 Å². The molecule has 1 saturated heterocycles. The number of amides is 4. The summed E-state index contributed by atoms with van der Waals surface area (Å²) in [6.07, 6.45) is -0.906. The molecule has 2 fully saturated rings. The lowest BCUT2D eigenvalue weighted by Crippen LogP contribution is -2.61. The van der Waals surface area contributed by atoms with Crippen LogP contribution in [-0.2, 0) is 34.1 Å². The van der Waals surface area contributed by atoms with Gasteiger partial charge in [0.1, 0.15) is 22.8 Å². The van der Waals surface area contributed by atoms with Crippen LogP contribution in [-0.4, -0.2) is 89.4 Å². The normalized spacial score (nSPS) is 20.4. The number of likely N-dealkylation sites (tertiary alicyclic amines) is 1. The number of hydrogen-bond donors (Lipinski definition) is 4. The van der Waals surface area contributed by atoms with Gasteiger partial charge in [-0.25, -0.2) is 19.2 Å². The van der Waals surface area contributed by atoms with Crippen LogP contribution in [0.25, 0.3) is 0 Å². The van der Waals surface area contributed by atoms with Gasteiger partial charge in [-0.1, -0.05) is 51.4 Å². The Labute approximate surface area is 292 Å². The van der Waals surface area contributed by atoms with Gasteiger partial charge in [0.05, 0.1) is 12.1 Å². The number of carbonyl (C=O) groups is 5. The summed E-state index contributed by atoms with van der Waals surface area (Å²) in [6, 6.07) is 5.54. The van der Waals surface area contributed by atoms with E-state index in [0.29, 0.717) is 24.3 Å². The van der Waals surface area contributed by atoms with Crippen molar-refractivity contribution < 1.29 is 48.0 Å². The molecule has 14 nitrogen and oxygen atoms in total. The monoisotopic (exact) mass is 710 g/mol. The van der Waals surface area contributed by atoms with Crippen molar-refractivity contribution in [1.82, 2.24) is 20.9 Å². The number of halogens is 1. The second kappa shape index (κ2) is 15.0. The maximum absolute atomic E-state index is 13.7. The van der Waals surface area contributed by atoms with Crippen molar-refractivity contribution >= 4 is 41.8 Å². The van der Waals surface area contributed by atoms with Crippen molar-refractivity contribution in [2.45, 2.75) is 110 Å². The van der Waals surface area contributed by atoms with Crippen LogP contribution in [0.2, 0.25) is 5.02 Å². The number of hydrogen-bond acceptors (Lipinski definition) is 10. The number of benzene rings is 1. The quantitative estimate of drug-likeness (QED) is 0.144. The summed E-state index contributed by atoms with van der Waals surface area (Å²) in [7, 11) is 0. The van der Waals surface area contributed by atoms with Crippen LogP contribution >= 0.6 is 11.6 Å². The molecule has 274 valence electrons. The first-order valence-electron chi connectivity index (χ1n) is 16.3. The molecule has 3 rings (SSSR count). The number of urea groups is 1. The molecule has 1 aromatic carbocycles. The maximum Gasteiger partial charge on any atom is 0.511 e. The first-order valence-corrected chi connectivity index (χ1v) is 16.7. The first-order chi connectivity index (χ1) is 22.5. The highest BCUT2D eigenvalue weighted by atomic mass is 35.5. The van der Waals surface area contributed by atoms with E-state index in [2.05, 4.69) is 16.0 Å². The van der Waals surface area contributed by atoms with Crippen LogP contribution in [0.1, 0.15) is 87.1 Å². The molecule has 0 aromatic heterocycles. The molecule has 15 heteroatoms. The highest BCUT2D eigenvalue weighted by Crippen LogP contribution is 2.46. The molecule has 2 atom stereocenters. The van der Waals surface area contributed by atoms with E-state index in [1.807, 2.05) is 27.7 Å². The van der Waals surface area contributed by atoms with Crippen molar-refractivity contribution in [3.8, 4) is 0 Å². The minimum atomic E-state index is -1.24. The number of carbonyl (C=O) groups excluding carboxylic acids is 5. The Morgan fingerprint density at radius 2 is 1.57 bits per heavy atom. The third kappa shape index (κ3) is 10.6. The van der Waals surface area contributed by atoms with Crippen LogP contribution in [0.3, 0.4) is 0 Å². The summed E-state index contributed by atoms with van der Waals surface area (Å²) < 4.78 is 20.3. The average Bonchev–Trinajstić information content (AvgIpc) is 3.75. The Morgan fingerprint density at radius 1 is 0.959 bits per heavy atom. The SMILES string of the molecule is CC(C)[C@@H](NC(=O)NCC(C)(C)OC(=O)OCOC(=O)C1(NC(=O)OC(C)(C)C)CC1)C(=O)N1CC[C@](O)(c2ccc(Cl)cc2)C(C)(C)C1. The van der Waals surface area contributed by atoms with Gasteiger partial charge in [-0.2, -0.15) is 0 Å². The zero-order chi connectivity index (χ0) is 37.0. The van der Waals surface area contributed by atoms with Crippen molar-refractivity contribution in [2.75, 3.05) is 26.4 Å². The van der Waals surface area contributed by atoms with Crippen molar-refractivity contribution in [2.24, 2.45) is 11.3 Å². The Morgan fingerprint density at radius 3 is 2.10 bits per heavy atom. The Bertz CT molecular complexity index is 1390. The fraction of sp³-hybridized carbons (Fsp3) is 0.676. The van der Waals surface area contributed by atoms with Gasteiger partial charge in [-0.05, 0) is 77.5 Å². The smallest absolute Gasteiger partial charge is 0.444 e. The molecule has 4 N–H and O–H groups in total. The van der Waals surface area contributed by atoms with Gasteiger partial charge in [0.15, 0.2) is 0 Å². The molecule has 1 saturated carbocycles. The predicted octanol–water partition coefficient (Wildman–Crippen LogP) is 4.60. The van der Waals surface area contributed by atoms with Gasteiger partial charge in [-0.3, -0.25) is 4.79 Å². The third-order valence-corrected chi connectivity index (χ3v) is 8.84. The van der Waals surface area contributed by atoms with Crippen LogP contribution < -0.4 is 16.0 Å². The van der Waals surface area contributed by atoms with Gasteiger partial charge >= 0.3 is 24.2 Å². The number of nitrogens with zero attached hydrogens (tertiary/aromatic N) is 1. The van der Waals surface area contributed by atoms with E-state index in [-0.39, 0.29) is 31.5 Å². The topological polar surface area (TPSA) is 182 Å². The first kappa shape index (κ1) is 39.7. The lowest BCUT2D eigenvalue weighted by atomic mass is 9.66. The minimum absolute atomic E-state index is 0.138. The molecule has 4 amide bonds. The lowest BCUT2D eigenvalue weighted by Gasteiger charge is -2.51. The Balaban J connectivity index is 1.46. The standard InChI is InChI=1S/C34H51ClN4O10/c1-21(2)24(25(40)39-17-16-34(45,31(6,7)19-39)22-10-12-23(35)13-11-22)37-27(42)36-18-32(8,9)49-29(44)47-20-46-26(41)33(14-15-33)38-28(43)48-30(3,4)5/h10-13,21,24,45H,14-20H2,1-9H3,(H,38,43)(H2,36,37,42)/t24-,34+/m1/s1. The fourth-order valence-corrected chi connectivity index (χ4v) is 5.66. The third-order valence-electron chi connectivity index (χ3n) is 8.58. The van der Waals surface area contributed by atoms with Gasteiger partial charge < -0.3 is 44.9 Å². The van der Waals surface area contributed by atoms with Crippen molar-refractivity contribution in [1.29, 1.82) is 0 Å². The molecule has 1 aromatic rings. The summed E-state index contributed by atoms with van der Waals surface area (Å²) in [4.78, 5) is 65.0. The predicted molar refractivity (Wildman–Crippen MR) is 179 cm³/mol. The van der Waals surface area contributed by atoms with E-state index < -0.39 is 64.8 Å². The van der Waals surface area contributed by atoms with E-state index in [4.69, 9.17) is 30.5 Å². The van der Waals surface area contributed by atoms with Gasteiger partial charge in [0, 0.05) is 23.5 Å². The van der Waals surface area contributed by atoms with Crippen LogP contribution in [0, 0.1) is 11.3 Å².